The average molecular weight is 196 g/mol. The van der Waals surface area contributed by atoms with Crippen molar-refractivity contribution in [3.05, 3.63) is 12.8 Å². The van der Waals surface area contributed by atoms with Gasteiger partial charge in [-0.25, -0.2) is 0 Å². The van der Waals surface area contributed by atoms with Gasteiger partial charge in [0, 0.05) is 0 Å². The highest BCUT2D eigenvalue weighted by atomic mass is 16.5. The molecule has 0 unspecified atom stereocenters. The quantitative estimate of drug-likeness (QED) is 0.596. The van der Waals surface area contributed by atoms with Crippen molar-refractivity contribution < 1.29 is 4.74 Å². The molecule has 1 aliphatic rings. The van der Waals surface area contributed by atoms with E-state index in [2.05, 4.69) is 20.4 Å². The molecule has 1 nitrogen and oxygen atoms in total. The van der Waals surface area contributed by atoms with Crippen LogP contribution in [0.5, 0.6) is 0 Å². The smallest absolute Gasteiger partial charge is 0.108 e. The topological polar surface area (TPSA) is 9.23 Å². The molecule has 1 rings (SSSR count). The Morgan fingerprint density at radius 3 is 2.43 bits per heavy atom. The molecule has 1 aliphatic carbocycles. The minimum absolute atomic E-state index is 0.143. The molecule has 0 aromatic rings. The van der Waals surface area contributed by atoms with E-state index in [1.807, 2.05) is 0 Å². The Balaban J connectivity index is 2.46. The summed E-state index contributed by atoms with van der Waals surface area (Å²) in [6, 6.07) is 0. The second-order valence-electron chi connectivity index (χ2n) is 4.96. The molecule has 0 saturated heterocycles. The standard InChI is InChI=1S/C13H24O/c1-4-14-13(11-8-12(2)3)9-6-5-7-10-13/h4,12H,1,5-11H2,2-3H3. The van der Waals surface area contributed by atoms with E-state index in [0.29, 0.717) is 0 Å². The molecule has 0 aromatic heterocycles. The van der Waals surface area contributed by atoms with E-state index in [1.54, 1.807) is 6.26 Å². The minimum Gasteiger partial charge on any atom is -0.496 e. The van der Waals surface area contributed by atoms with Crippen molar-refractivity contribution in [2.75, 3.05) is 0 Å². The van der Waals surface area contributed by atoms with E-state index < -0.39 is 0 Å². The van der Waals surface area contributed by atoms with Crippen LogP contribution in [0, 0.1) is 5.92 Å². The van der Waals surface area contributed by atoms with Gasteiger partial charge in [0.15, 0.2) is 0 Å². The van der Waals surface area contributed by atoms with Gasteiger partial charge in [-0.15, -0.1) is 0 Å². The first-order valence-electron chi connectivity index (χ1n) is 5.97. The number of rotatable bonds is 5. The molecule has 0 N–H and O–H groups in total. The van der Waals surface area contributed by atoms with Crippen molar-refractivity contribution in [3.63, 3.8) is 0 Å². The maximum atomic E-state index is 5.78. The summed E-state index contributed by atoms with van der Waals surface area (Å²) in [6.07, 6.45) is 10.6. The van der Waals surface area contributed by atoms with E-state index in [-0.39, 0.29) is 5.60 Å². The zero-order chi connectivity index (χ0) is 10.4. The van der Waals surface area contributed by atoms with Gasteiger partial charge < -0.3 is 4.74 Å². The Morgan fingerprint density at radius 1 is 1.29 bits per heavy atom. The lowest BCUT2D eigenvalue weighted by Gasteiger charge is -2.37. The first kappa shape index (κ1) is 11.6. The van der Waals surface area contributed by atoms with Gasteiger partial charge in [0.25, 0.3) is 0 Å². The third kappa shape index (κ3) is 3.36. The average Bonchev–Trinajstić information content (AvgIpc) is 2.17. The lowest BCUT2D eigenvalue weighted by atomic mass is 9.80. The fraction of sp³-hybridized carbons (Fsp3) is 0.846. The third-order valence-electron chi connectivity index (χ3n) is 3.28. The number of hydrogen-bond donors (Lipinski definition) is 0. The van der Waals surface area contributed by atoms with Crippen LogP contribution in [-0.4, -0.2) is 5.60 Å². The third-order valence-corrected chi connectivity index (χ3v) is 3.28. The minimum atomic E-state index is 0.143. The van der Waals surface area contributed by atoms with Crippen molar-refractivity contribution in [2.24, 2.45) is 5.92 Å². The molecule has 0 aromatic carbocycles. The lowest BCUT2D eigenvalue weighted by Crippen LogP contribution is -2.33. The van der Waals surface area contributed by atoms with Crippen LogP contribution in [-0.2, 0) is 4.74 Å². The van der Waals surface area contributed by atoms with Crippen LogP contribution < -0.4 is 0 Å². The molecule has 1 heteroatoms. The summed E-state index contributed by atoms with van der Waals surface area (Å²) in [5, 5.41) is 0. The summed E-state index contributed by atoms with van der Waals surface area (Å²) in [7, 11) is 0. The Kier molecular flexibility index (Phi) is 4.50. The van der Waals surface area contributed by atoms with Crippen LogP contribution in [0.1, 0.15) is 58.8 Å². The number of hydrogen-bond acceptors (Lipinski definition) is 1. The van der Waals surface area contributed by atoms with Gasteiger partial charge in [-0.3, -0.25) is 0 Å². The van der Waals surface area contributed by atoms with Gasteiger partial charge in [0.2, 0.25) is 0 Å². The van der Waals surface area contributed by atoms with E-state index in [9.17, 15) is 0 Å². The van der Waals surface area contributed by atoms with Gasteiger partial charge in [-0.1, -0.05) is 26.8 Å². The summed E-state index contributed by atoms with van der Waals surface area (Å²) >= 11 is 0. The van der Waals surface area contributed by atoms with Crippen molar-refractivity contribution in [1.82, 2.24) is 0 Å². The Bertz CT molecular complexity index is 166. The van der Waals surface area contributed by atoms with E-state index in [4.69, 9.17) is 4.74 Å². The molecular weight excluding hydrogens is 172 g/mol. The second-order valence-corrected chi connectivity index (χ2v) is 4.96. The molecular formula is C13H24O. The normalized spacial score (nSPS) is 20.8. The first-order valence-corrected chi connectivity index (χ1v) is 5.97. The van der Waals surface area contributed by atoms with Crippen molar-refractivity contribution in [1.29, 1.82) is 0 Å². The molecule has 0 aliphatic heterocycles. The fourth-order valence-electron chi connectivity index (χ4n) is 2.35. The molecule has 0 bridgehead atoms. The van der Waals surface area contributed by atoms with Crippen LogP contribution in [0.4, 0.5) is 0 Å². The van der Waals surface area contributed by atoms with Crippen LogP contribution in [0.25, 0.3) is 0 Å². The van der Waals surface area contributed by atoms with Gasteiger partial charge >= 0.3 is 0 Å². The highest BCUT2D eigenvalue weighted by Gasteiger charge is 2.32. The number of ether oxygens (including phenoxy) is 1. The summed E-state index contributed by atoms with van der Waals surface area (Å²) in [5.41, 5.74) is 0.143. The second kappa shape index (κ2) is 5.43. The highest BCUT2D eigenvalue weighted by molar-refractivity contribution is 4.86. The monoisotopic (exact) mass is 196 g/mol. The molecule has 1 saturated carbocycles. The first-order chi connectivity index (χ1) is 6.68. The molecule has 14 heavy (non-hydrogen) atoms. The van der Waals surface area contributed by atoms with E-state index >= 15 is 0 Å². The fourth-order valence-corrected chi connectivity index (χ4v) is 2.35. The van der Waals surface area contributed by atoms with Gasteiger partial charge in [-0.2, -0.15) is 0 Å². The van der Waals surface area contributed by atoms with Crippen molar-refractivity contribution >= 4 is 0 Å². The Morgan fingerprint density at radius 2 is 1.93 bits per heavy atom. The molecule has 82 valence electrons. The van der Waals surface area contributed by atoms with Crippen molar-refractivity contribution in [3.8, 4) is 0 Å². The largest absolute Gasteiger partial charge is 0.496 e. The summed E-state index contributed by atoms with van der Waals surface area (Å²) in [6.45, 7) is 8.27. The zero-order valence-corrected chi connectivity index (χ0v) is 9.72. The molecule has 0 spiro atoms. The van der Waals surface area contributed by atoms with Gasteiger partial charge in [0.05, 0.1) is 6.26 Å². The predicted molar refractivity (Wildman–Crippen MR) is 61.2 cm³/mol. The van der Waals surface area contributed by atoms with Crippen LogP contribution in [0.2, 0.25) is 0 Å². The van der Waals surface area contributed by atoms with Gasteiger partial charge in [-0.05, 0) is 44.4 Å². The highest BCUT2D eigenvalue weighted by Crippen LogP contribution is 2.36. The summed E-state index contributed by atoms with van der Waals surface area (Å²) in [4.78, 5) is 0. The van der Waals surface area contributed by atoms with Crippen LogP contribution >= 0.6 is 0 Å². The Hall–Kier alpha value is -0.460. The maximum absolute atomic E-state index is 5.78. The van der Waals surface area contributed by atoms with Gasteiger partial charge in [0.1, 0.15) is 5.60 Å². The predicted octanol–water partition coefficient (Wildman–Crippen LogP) is 4.29. The molecule has 0 radical (unpaired) electrons. The summed E-state index contributed by atoms with van der Waals surface area (Å²) < 4.78 is 5.78. The zero-order valence-electron chi connectivity index (χ0n) is 9.72. The lowest BCUT2D eigenvalue weighted by molar-refractivity contribution is -0.0217. The molecule has 0 atom stereocenters. The molecule has 0 heterocycles. The molecule has 0 amide bonds. The van der Waals surface area contributed by atoms with Crippen molar-refractivity contribution in [2.45, 2.75) is 64.4 Å². The molecule has 1 fully saturated rings. The van der Waals surface area contributed by atoms with Crippen LogP contribution in [0.3, 0.4) is 0 Å². The van der Waals surface area contributed by atoms with E-state index in [0.717, 1.165) is 5.92 Å². The maximum Gasteiger partial charge on any atom is 0.108 e. The van der Waals surface area contributed by atoms with E-state index in [1.165, 1.54) is 44.9 Å². The Labute approximate surface area is 88.5 Å². The summed E-state index contributed by atoms with van der Waals surface area (Å²) in [5.74, 6) is 0.780. The SMILES string of the molecule is C=COC1(CCC(C)C)CCCCC1. The van der Waals surface area contributed by atoms with Crippen LogP contribution in [0.15, 0.2) is 12.8 Å².